The summed E-state index contributed by atoms with van der Waals surface area (Å²) in [4.78, 5) is 15.6. The van der Waals surface area contributed by atoms with E-state index in [9.17, 15) is 9.90 Å². The van der Waals surface area contributed by atoms with Gasteiger partial charge in [-0.15, -0.1) is 0 Å². The minimum atomic E-state index is -0.805. The Morgan fingerprint density at radius 1 is 1.35 bits per heavy atom. The first-order chi connectivity index (χ1) is 12.4. The summed E-state index contributed by atoms with van der Waals surface area (Å²) in [5.41, 5.74) is 2.89. The van der Waals surface area contributed by atoms with Crippen molar-refractivity contribution in [3.05, 3.63) is 41.9 Å². The molecule has 0 fully saturated rings. The van der Waals surface area contributed by atoms with Gasteiger partial charge in [0, 0.05) is 17.3 Å². The van der Waals surface area contributed by atoms with Crippen molar-refractivity contribution in [2.24, 2.45) is 0 Å². The number of hydrogen-bond acceptors (Lipinski definition) is 7. The van der Waals surface area contributed by atoms with E-state index >= 15 is 0 Å². The Bertz CT molecular complexity index is 965. The zero-order valence-electron chi connectivity index (χ0n) is 15.0. The Morgan fingerprint density at radius 2 is 2.12 bits per heavy atom. The van der Waals surface area contributed by atoms with Crippen LogP contribution in [0.4, 0.5) is 16.3 Å². The fourth-order valence-corrected chi connectivity index (χ4v) is 2.71. The van der Waals surface area contributed by atoms with Gasteiger partial charge in [0.2, 0.25) is 0 Å². The number of nitrogens with zero attached hydrogens (tertiary/aromatic N) is 3. The number of aromatic hydroxyl groups is 1. The molecule has 2 heterocycles. The lowest BCUT2D eigenvalue weighted by atomic mass is 10.0. The van der Waals surface area contributed by atoms with Gasteiger partial charge in [-0.2, -0.15) is 5.10 Å². The quantitative estimate of drug-likeness (QED) is 0.687. The van der Waals surface area contributed by atoms with Crippen LogP contribution in [0.3, 0.4) is 0 Å². The van der Waals surface area contributed by atoms with E-state index in [0.29, 0.717) is 28.3 Å². The predicted molar refractivity (Wildman–Crippen MR) is 96.2 cm³/mol. The van der Waals surface area contributed by atoms with Crippen LogP contribution in [-0.2, 0) is 4.74 Å². The van der Waals surface area contributed by atoms with E-state index in [-0.39, 0.29) is 11.7 Å². The molecule has 0 atom stereocenters. The second kappa shape index (κ2) is 6.91. The lowest BCUT2D eigenvalue weighted by Gasteiger charge is -2.12. The highest BCUT2D eigenvalue weighted by molar-refractivity contribution is 5.80. The van der Waals surface area contributed by atoms with Crippen LogP contribution in [-0.4, -0.2) is 33.0 Å². The zero-order valence-corrected chi connectivity index (χ0v) is 15.0. The number of benzene rings is 1. The third-order valence-corrected chi connectivity index (χ3v) is 4.06. The molecule has 0 aliphatic carbocycles. The largest absolute Gasteiger partial charge is 0.513 e. The van der Waals surface area contributed by atoms with Crippen molar-refractivity contribution in [2.75, 3.05) is 12.4 Å². The molecule has 8 nitrogen and oxygen atoms in total. The molecule has 2 aromatic heterocycles. The summed E-state index contributed by atoms with van der Waals surface area (Å²) in [7, 11) is 1.24. The van der Waals surface area contributed by atoms with Crippen LogP contribution in [0.2, 0.25) is 0 Å². The summed E-state index contributed by atoms with van der Waals surface area (Å²) in [6.45, 7) is 5.83. The molecule has 26 heavy (non-hydrogen) atoms. The number of phenols is 1. The molecule has 0 unspecified atom stereocenters. The van der Waals surface area contributed by atoms with Gasteiger partial charge in [-0.3, -0.25) is 0 Å². The molecule has 0 saturated carbocycles. The van der Waals surface area contributed by atoms with Gasteiger partial charge >= 0.3 is 6.16 Å². The number of carbonyl (C=O) groups excluding carboxylic acids is 1. The maximum Gasteiger partial charge on any atom is 0.513 e. The minimum Gasteiger partial charge on any atom is -0.508 e. The average molecular weight is 356 g/mol. The molecule has 0 bridgehead atoms. The summed E-state index contributed by atoms with van der Waals surface area (Å²) < 4.78 is 11.2. The SMILES string of the molecule is COC(=O)Oc1cn2ncnc(Nc3ccc(C(C)C)c(O)c3)c2c1C. The molecule has 3 aromatic rings. The zero-order chi connectivity index (χ0) is 18.8. The second-order valence-corrected chi connectivity index (χ2v) is 6.13. The molecule has 1 aromatic carbocycles. The van der Waals surface area contributed by atoms with Crippen molar-refractivity contribution < 1.29 is 19.4 Å². The highest BCUT2D eigenvalue weighted by Crippen LogP contribution is 2.32. The third-order valence-electron chi connectivity index (χ3n) is 4.06. The van der Waals surface area contributed by atoms with E-state index in [2.05, 4.69) is 20.1 Å². The van der Waals surface area contributed by atoms with Crippen LogP contribution in [0, 0.1) is 6.92 Å². The van der Waals surface area contributed by atoms with Crippen LogP contribution >= 0.6 is 0 Å². The van der Waals surface area contributed by atoms with Gasteiger partial charge in [0.15, 0.2) is 11.6 Å². The molecule has 0 aliphatic heterocycles. The average Bonchev–Trinajstić information content (AvgIpc) is 2.91. The number of phenolic OH excluding ortho intramolecular Hbond substituents is 1. The van der Waals surface area contributed by atoms with E-state index < -0.39 is 6.16 Å². The number of anilines is 2. The standard InChI is InChI=1S/C18H20N4O4/c1-10(2)13-6-5-12(7-14(13)23)21-17-16-11(3)15(26-18(24)25-4)8-22(16)20-9-19-17/h5-10,23H,1-4H3,(H,19,20,21). The Labute approximate surface area is 150 Å². The Kier molecular flexibility index (Phi) is 4.66. The number of ether oxygens (including phenoxy) is 2. The van der Waals surface area contributed by atoms with Crippen LogP contribution in [0.5, 0.6) is 11.5 Å². The fourth-order valence-electron chi connectivity index (χ4n) is 2.71. The predicted octanol–water partition coefficient (Wildman–Crippen LogP) is 3.76. The number of hydrogen-bond donors (Lipinski definition) is 2. The maximum absolute atomic E-state index is 11.4. The van der Waals surface area contributed by atoms with Gasteiger partial charge < -0.3 is 19.9 Å². The molecule has 3 rings (SSSR count). The van der Waals surface area contributed by atoms with Gasteiger partial charge in [0.25, 0.3) is 0 Å². The van der Waals surface area contributed by atoms with Crippen molar-refractivity contribution in [3.63, 3.8) is 0 Å². The number of rotatable bonds is 4. The molecule has 0 aliphatic rings. The summed E-state index contributed by atoms with van der Waals surface area (Å²) >= 11 is 0. The summed E-state index contributed by atoms with van der Waals surface area (Å²) in [6, 6.07) is 5.40. The van der Waals surface area contributed by atoms with E-state index in [1.807, 2.05) is 26.0 Å². The van der Waals surface area contributed by atoms with Gasteiger partial charge in [-0.25, -0.2) is 14.3 Å². The van der Waals surface area contributed by atoms with Crippen molar-refractivity contribution in [1.82, 2.24) is 14.6 Å². The van der Waals surface area contributed by atoms with E-state index in [1.165, 1.54) is 13.4 Å². The molecule has 136 valence electrons. The number of aryl methyl sites for hydroxylation is 1. The first-order valence-corrected chi connectivity index (χ1v) is 8.09. The molecule has 0 saturated heterocycles. The molecular formula is C18H20N4O4. The third kappa shape index (κ3) is 3.26. The normalized spacial score (nSPS) is 11.0. The van der Waals surface area contributed by atoms with Gasteiger partial charge in [-0.05, 0) is 24.5 Å². The summed E-state index contributed by atoms with van der Waals surface area (Å²) in [6.07, 6.45) is 2.16. The van der Waals surface area contributed by atoms with Gasteiger partial charge in [0.1, 0.15) is 17.6 Å². The number of nitrogens with one attached hydrogen (secondary N) is 1. The number of aromatic nitrogens is 3. The summed E-state index contributed by atoms with van der Waals surface area (Å²) in [5, 5.41) is 17.5. The fraction of sp³-hybridized carbons (Fsp3) is 0.278. The smallest absolute Gasteiger partial charge is 0.508 e. The molecule has 2 N–H and O–H groups in total. The Balaban J connectivity index is 1.98. The molecule has 8 heteroatoms. The molecule has 0 radical (unpaired) electrons. The highest BCUT2D eigenvalue weighted by Gasteiger charge is 2.17. The van der Waals surface area contributed by atoms with Crippen LogP contribution < -0.4 is 10.1 Å². The first-order valence-electron chi connectivity index (χ1n) is 8.09. The number of fused-ring (bicyclic) bond motifs is 1. The molecule has 0 amide bonds. The van der Waals surface area contributed by atoms with Crippen LogP contribution in [0.1, 0.15) is 30.9 Å². The number of methoxy groups -OCH3 is 1. The monoisotopic (exact) mass is 356 g/mol. The first kappa shape index (κ1) is 17.5. The van der Waals surface area contributed by atoms with Crippen molar-refractivity contribution in [1.29, 1.82) is 0 Å². The lowest BCUT2D eigenvalue weighted by molar-refractivity contribution is 0.121. The topological polar surface area (TPSA) is 98.0 Å². The van der Waals surface area contributed by atoms with Crippen molar-refractivity contribution >= 4 is 23.2 Å². The second-order valence-electron chi connectivity index (χ2n) is 6.13. The van der Waals surface area contributed by atoms with Crippen molar-refractivity contribution in [3.8, 4) is 11.5 Å². The van der Waals surface area contributed by atoms with Crippen LogP contribution in [0.25, 0.3) is 5.52 Å². The Hall–Kier alpha value is -3.29. The Morgan fingerprint density at radius 3 is 2.77 bits per heavy atom. The molecular weight excluding hydrogens is 336 g/mol. The van der Waals surface area contributed by atoms with Gasteiger partial charge in [0.05, 0.1) is 13.3 Å². The van der Waals surface area contributed by atoms with E-state index in [1.54, 1.807) is 23.7 Å². The lowest BCUT2D eigenvalue weighted by Crippen LogP contribution is -2.07. The van der Waals surface area contributed by atoms with Crippen molar-refractivity contribution in [2.45, 2.75) is 26.7 Å². The van der Waals surface area contributed by atoms with Gasteiger partial charge in [-0.1, -0.05) is 19.9 Å². The van der Waals surface area contributed by atoms with E-state index in [0.717, 1.165) is 5.56 Å². The van der Waals surface area contributed by atoms with E-state index in [4.69, 9.17) is 4.74 Å². The highest BCUT2D eigenvalue weighted by atomic mass is 16.7. The van der Waals surface area contributed by atoms with Crippen LogP contribution in [0.15, 0.2) is 30.7 Å². The maximum atomic E-state index is 11.4. The molecule has 0 spiro atoms. The number of carbonyl (C=O) groups is 1. The summed E-state index contributed by atoms with van der Waals surface area (Å²) in [5.74, 6) is 1.30. The minimum absolute atomic E-state index is 0.219.